The molecule has 1 N–H and O–H groups in total. The van der Waals surface area contributed by atoms with Gasteiger partial charge in [0.15, 0.2) is 0 Å². The molecule has 1 unspecified atom stereocenters. The summed E-state index contributed by atoms with van der Waals surface area (Å²) in [5.41, 5.74) is 2.91. The van der Waals surface area contributed by atoms with Gasteiger partial charge in [-0.3, -0.25) is 0 Å². The lowest BCUT2D eigenvalue weighted by Gasteiger charge is -2.16. The van der Waals surface area contributed by atoms with Gasteiger partial charge in [0, 0.05) is 10.5 Å². The molecule has 0 aliphatic carbocycles. The Morgan fingerprint density at radius 2 is 1.95 bits per heavy atom. The molecule has 0 saturated heterocycles. The fourth-order valence-electron chi connectivity index (χ4n) is 2.10. The van der Waals surface area contributed by atoms with E-state index < -0.39 is 0 Å². The van der Waals surface area contributed by atoms with Gasteiger partial charge in [0.1, 0.15) is 6.07 Å². The van der Waals surface area contributed by atoms with Gasteiger partial charge < -0.3 is 5.32 Å². The van der Waals surface area contributed by atoms with E-state index in [0.717, 1.165) is 23.0 Å². The van der Waals surface area contributed by atoms with Crippen LogP contribution in [0, 0.1) is 11.3 Å². The molecular formula is C17H17BrN2. The van der Waals surface area contributed by atoms with Crippen molar-refractivity contribution in [3.8, 4) is 6.07 Å². The van der Waals surface area contributed by atoms with E-state index >= 15 is 0 Å². The fraction of sp³-hybridized carbons (Fsp3) is 0.235. The zero-order valence-corrected chi connectivity index (χ0v) is 13.0. The van der Waals surface area contributed by atoms with Crippen LogP contribution in [0.2, 0.25) is 0 Å². The third-order valence-electron chi connectivity index (χ3n) is 3.21. The number of anilines is 1. The zero-order valence-electron chi connectivity index (χ0n) is 11.4. The molecule has 0 fully saturated rings. The SMILES string of the molecule is CC(CCc1ccccc1)Nc1cc(Br)ccc1C#N. The molecule has 1 atom stereocenters. The molecule has 2 aromatic rings. The minimum absolute atomic E-state index is 0.316. The van der Waals surface area contributed by atoms with Crippen LogP contribution in [-0.2, 0) is 6.42 Å². The summed E-state index contributed by atoms with van der Waals surface area (Å²) in [6.45, 7) is 2.14. The van der Waals surface area contributed by atoms with Crippen molar-refractivity contribution in [1.29, 1.82) is 5.26 Å². The standard InChI is InChI=1S/C17H17BrN2/c1-13(7-8-14-5-3-2-4-6-14)20-17-11-16(18)10-9-15(17)12-19/h2-6,9-11,13,20H,7-8H2,1H3. The van der Waals surface area contributed by atoms with Gasteiger partial charge in [0.05, 0.1) is 11.3 Å². The molecule has 0 aliphatic heterocycles. The van der Waals surface area contributed by atoms with Crippen LogP contribution in [0.4, 0.5) is 5.69 Å². The molecule has 0 saturated carbocycles. The highest BCUT2D eigenvalue weighted by Gasteiger charge is 2.07. The second-order valence-corrected chi connectivity index (χ2v) is 5.79. The summed E-state index contributed by atoms with van der Waals surface area (Å²) < 4.78 is 0.981. The first-order valence-electron chi connectivity index (χ1n) is 6.69. The number of hydrogen-bond donors (Lipinski definition) is 1. The normalized spacial score (nSPS) is 11.7. The van der Waals surface area contributed by atoms with Crippen LogP contribution in [0.1, 0.15) is 24.5 Å². The van der Waals surface area contributed by atoms with E-state index in [0.29, 0.717) is 11.6 Å². The number of nitriles is 1. The topological polar surface area (TPSA) is 35.8 Å². The number of nitrogens with one attached hydrogen (secondary N) is 1. The molecular weight excluding hydrogens is 312 g/mol. The van der Waals surface area contributed by atoms with E-state index in [9.17, 15) is 0 Å². The monoisotopic (exact) mass is 328 g/mol. The predicted molar refractivity (Wildman–Crippen MR) is 86.7 cm³/mol. The van der Waals surface area contributed by atoms with Crippen molar-refractivity contribution in [2.75, 3.05) is 5.32 Å². The lowest BCUT2D eigenvalue weighted by Crippen LogP contribution is -2.16. The molecule has 0 bridgehead atoms. The van der Waals surface area contributed by atoms with Crippen molar-refractivity contribution in [3.63, 3.8) is 0 Å². The largest absolute Gasteiger partial charge is 0.381 e. The lowest BCUT2D eigenvalue weighted by atomic mass is 10.1. The van der Waals surface area contributed by atoms with Gasteiger partial charge in [-0.05, 0) is 43.5 Å². The number of benzene rings is 2. The van der Waals surface area contributed by atoms with Gasteiger partial charge >= 0.3 is 0 Å². The average molecular weight is 329 g/mol. The van der Waals surface area contributed by atoms with E-state index in [2.05, 4.69) is 58.5 Å². The first-order valence-corrected chi connectivity index (χ1v) is 7.48. The molecule has 2 aromatic carbocycles. The van der Waals surface area contributed by atoms with E-state index in [4.69, 9.17) is 5.26 Å². The number of nitrogens with zero attached hydrogens (tertiary/aromatic N) is 1. The first kappa shape index (κ1) is 14.6. The highest BCUT2D eigenvalue weighted by Crippen LogP contribution is 2.22. The Kier molecular flexibility index (Phi) is 5.20. The van der Waals surface area contributed by atoms with Crippen molar-refractivity contribution in [3.05, 3.63) is 64.1 Å². The highest BCUT2D eigenvalue weighted by molar-refractivity contribution is 9.10. The molecule has 0 spiro atoms. The number of hydrogen-bond acceptors (Lipinski definition) is 2. The van der Waals surface area contributed by atoms with Gasteiger partial charge in [0.25, 0.3) is 0 Å². The third kappa shape index (κ3) is 4.11. The van der Waals surface area contributed by atoms with Gasteiger partial charge in [0.2, 0.25) is 0 Å². The Morgan fingerprint density at radius 1 is 1.20 bits per heavy atom. The van der Waals surface area contributed by atoms with Crippen LogP contribution < -0.4 is 5.32 Å². The van der Waals surface area contributed by atoms with Crippen LogP contribution >= 0.6 is 15.9 Å². The maximum absolute atomic E-state index is 9.12. The molecule has 0 amide bonds. The Morgan fingerprint density at radius 3 is 2.65 bits per heavy atom. The minimum atomic E-state index is 0.316. The van der Waals surface area contributed by atoms with Gasteiger partial charge in [-0.2, -0.15) is 5.26 Å². The maximum Gasteiger partial charge on any atom is 0.101 e. The molecule has 0 heterocycles. The molecule has 0 aliphatic rings. The summed E-state index contributed by atoms with van der Waals surface area (Å²) in [5, 5.41) is 12.5. The predicted octanol–water partition coefficient (Wildman–Crippen LogP) is 4.75. The molecule has 2 rings (SSSR count). The Balaban J connectivity index is 1.96. The molecule has 3 heteroatoms. The summed E-state index contributed by atoms with van der Waals surface area (Å²) in [5.74, 6) is 0. The van der Waals surface area contributed by atoms with Crippen molar-refractivity contribution in [2.45, 2.75) is 25.8 Å². The van der Waals surface area contributed by atoms with Crippen molar-refractivity contribution < 1.29 is 0 Å². The second-order valence-electron chi connectivity index (χ2n) is 4.87. The Hall–Kier alpha value is -1.79. The summed E-state index contributed by atoms with van der Waals surface area (Å²) in [7, 11) is 0. The summed E-state index contributed by atoms with van der Waals surface area (Å²) >= 11 is 3.44. The van der Waals surface area contributed by atoms with Crippen LogP contribution in [0.3, 0.4) is 0 Å². The second kappa shape index (κ2) is 7.12. The minimum Gasteiger partial charge on any atom is -0.381 e. The maximum atomic E-state index is 9.12. The van der Waals surface area contributed by atoms with E-state index in [1.54, 1.807) is 0 Å². The molecule has 102 valence electrons. The van der Waals surface area contributed by atoms with Crippen LogP contribution in [0.25, 0.3) is 0 Å². The quantitative estimate of drug-likeness (QED) is 0.859. The van der Waals surface area contributed by atoms with Gasteiger partial charge in [-0.15, -0.1) is 0 Å². The van der Waals surface area contributed by atoms with Crippen molar-refractivity contribution in [2.24, 2.45) is 0 Å². The van der Waals surface area contributed by atoms with Crippen LogP contribution in [-0.4, -0.2) is 6.04 Å². The van der Waals surface area contributed by atoms with Gasteiger partial charge in [-0.1, -0.05) is 46.3 Å². The van der Waals surface area contributed by atoms with Crippen molar-refractivity contribution in [1.82, 2.24) is 0 Å². The summed E-state index contributed by atoms with van der Waals surface area (Å²) in [6.07, 6.45) is 2.06. The zero-order chi connectivity index (χ0) is 14.4. The summed E-state index contributed by atoms with van der Waals surface area (Å²) in [6, 6.07) is 18.7. The molecule has 0 radical (unpaired) electrons. The van der Waals surface area contributed by atoms with E-state index in [-0.39, 0.29) is 0 Å². The number of aryl methyl sites for hydroxylation is 1. The van der Waals surface area contributed by atoms with Crippen molar-refractivity contribution >= 4 is 21.6 Å². The Bertz CT molecular complexity index is 602. The number of rotatable bonds is 5. The fourth-order valence-corrected chi connectivity index (χ4v) is 2.46. The third-order valence-corrected chi connectivity index (χ3v) is 3.71. The Labute approximate surface area is 128 Å². The molecule has 20 heavy (non-hydrogen) atoms. The van der Waals surface area contributed by atoms with E-state index in [1.165, 1.54) is 5.56 Å². The highest BCUT2D eigenvalue weighted by atomic mass is 79.9. The van der Waals surface area contributed by atoms with Gasteiger partial charge in [-0.25, -0.2) is 0 Å². The molecule has 2 nitrogen and oxygen atoms in total. The van der Waals surface area contributed by atoms with E-state index in [1.807, 2.05) is 24.3 Å². The smallest absolute Gasteiger partial charge is 0.101 e. The lowest BCUT2D eigenvalue weighted by molar-refractivity contribution is 0.706. The van der Waals surface area contributed by atoms with Crippen LogP contribution in [0.15, 0.2) is 53.0 Å². The number of halogens is 1. The van der Waals surface area contributed by atoms with Crippen LogP contribution in [0.5, 0.6) is 0 Å². The first-order chi connectivity index (χ1) is 9.69. The average Bonchev–Trinajstić information content (AvgIpc) is 2.46. The molecule has 0 aromatic heterocycles. The summed E-state index contributed by atoms with van der Waals surface area (Å²) in [4.78, 5) is 0.